The number of nitrogens with one attached hydrogen (secondary N) is 1. The van der Waals surface area contributed by atoms with Gasteiger partial charge in [-0.1, -0.05) is 29.8 Å². The molecule has 1 saturated heterocycles. The van der Waals surface area contributed by atoms with E-state index in [-0.39, 0.29) is 5.91 Å². The maximum atomic E-state index is 11.1. The molecule has 1 aromatic carbocycles. The molecule has 1 aromatic rings. The summed E-state index contributed by atoms with van der Waals surface area (Å²) in [5.74, 6) is 0.687. The average Bonchev–Trinajstić information content (AvgIpc) is 2.31. The van der Waals surface area contributed by atoms with E-state index in [9.17, 15) is 9.90 Å². The predicted molar refractivity (Wildman–Crippen MR) is 69.9 cm³/mol. The van der Waals surface area contributed by atoms with Crippen molar-refractivity contribution in [2.75, 3.05) is 6.54 Å². The van der Waals surface area contributed by atoms with Crippen molar-refractivity contribution in [3.63, 3.8) is 0 Å². The minimum Gasteiger partial charge on any atom is -0.383 e. The first-order valence-corrected chi connectivity index (χ1v) is 6.83. The second-order valence-corrected chi connectivity index (χ2v) is 5.71. The monoisotopic (exact) mass is 251 g/mol. The molecule has 1 fully saturated rings. The van der Waals surface area contributed by atoms with Crippen molar-refractivity contribution < 1.29 is 9.90 Å². The molecule has 2 atom stereocenters. The molecule has 1 aliphatic heterocycles. The Morgan fingerprint density at radius 1 is 1.53 bits per heavy atom. The fourth-order valence-electron chi connectivity index (χ4n) is 1.91. The van der Waals surface area contributed by atoms with Crippen molar-refractivity contribution in [2.45, 2.75) is 30.5 Å². The number of rotatable bonds is 3. The van der Waals surface area contributed by atoms with Gasteiger partial charge in [-0.05, 0) is 18.9 Å². The number of aliphatic hydroxyl groups excluding tert-OH is 1. The largest absolute Gasteiger partial charge is 0.383 e. The van der Waals surface area contributed by atoms with Crippen LogP contribution in [0.4, 0.5) is 0 Å². The number of aryl methyl sites for hydroxylation is 1. The minimum atomic E-state index is -0.834. The summed E-state index contributed by atoms with van der Waals surface area (Å²) < 4.78 is 0. The van der Waals surface area contributed by atoms with Crippen molar-refractivity contribution in [3.05, 3.63) is 35.4 Å². The van der Waals surface area contributed by atoms with Gasteiger partial charge in [0.05, 0.1) is 0 Å². The van der Waals surface area contributed by atoms with Crippen LogP contribution in [0.25, 0.3) is 0 Å². The first-order chi connectivity index (χ1) is 8.15. The van der Waals surface area contributed by atoms with Crippen LogP contribution >= 0.6 is 11.8 Å². The lowest BCUT2D eigenvalue weighted by Crippen LogP contribution is -2.46. The molecule has 92 valence electrons. The van der Waals surface area contributed by atoms with Gasteiger partial charge in [0.25, 0.3) is 0 Å². The number of piperidine rings is 1. The number of hydrogen-bond donors (Lipinski definition) is 2. The number of amides is 1. The summed E-state index contributed by atoms with van der Waals surface area (Å²) in [5.41, 5.74) is 2.56. The molecule has 0 aliphatic carbocycles. The average molecular weight is 251 g/mol. The number of carbonyl (C=O) groups is 1. The van der Waals surface area contributed by atoms with Gasteiger partial charge in [-0.25, -0.2) is 0 Å². The molecule has 0 bridgehead atoms. The third-order valence-electron chi connectivity index (χ3n) is 2.86. The third kappa shape index (κ3) is 3.48. The smallest absolute Gasteiger partial charge is 0.248 e. The van der Waals surface area contributed by atoms with E-state index in [1.807, 2.05) is 0 Å². The topological polar surface area (TPSA) is 49.3 Å². The van der Waals surface area contributed by atoms with Gasteiger partial charge >= 0.3 is 0 Å². The lowest BCUT2D eigenvalue weighted by atomic mass is 10.1. The normalized spacial score (nSPS) is 24.5. The van der Waals surface area contributed by atoms with Gasteiger partial charge in [-0.3, -0.25) is 4.79 Å². The van der Waals surface area contributed by atoms with Crippen LogP contribution in [0.15, 0.2) is 24.3 Å². The van der Waals surface area contributed by atoms with E-state index in [1.54, 1.807) is 11.8 Å². The molecule has 4 heteroatoms. The Hall–Kier alpha value is -1.00. The standard InChI is InChI=1S/C13H17NO2S/c1-9-3-2-4-10(5-9)8-17-11-6-12(15)13(16)14-7-11/h2-5,11-12,15H,6-8H2,1H3,(H,14,16). The van der Waals surface area contributed by atoms with Gasteiger partial charge in [0.1, 0.15) is 6.10 Å². The van der Waals surface area contributed by atoms with Gasteiger partial charge in [0, 0.05) is 17.5 Å². The summed E-state index contributed by atoms with van der Waals surface area (Å²) in [6.07, 6.45) is -0.277. The first-order valence-electron chi connectivity index (χ1n) is 5.78. The van der Waals surface area contributed by atoms with Gasteiger partial charge in [-0.15, -0.1) is 0 Å². The van der Waals surface area contributed by atoms with E-state index in [2.05, 4.69) is 36.5 Å². The summed E-state index contributed by atoms with van der Waals surface area (Å²) in [4.78, 5) is 11.1. The van der Waals surface area contributed by atoms with Gasteiger partial charge in [0.2, 0.25) is 5.91 Å². The molecule has 3 nitrogen and oxygen atoms in total. The molecule has 2 N–H and O–H groups in total. The van der Waals surface area contributed by atoms with Crippen molar-refractivity contribution in [1.82, 2.24) is 5.32 Å². The van der Waals surface area contributed by atoms with Crippen molar-refractivity contribution >= 4 is 17.7 Å². The quantitative estimate of drug-likeness (QED) is 0.855. The van der Waals surface area contributed by atoms with Gasteiger partial charge in [-0.2, -0.15) is 11.8 Å². The van der Waals surface area contributed by atoms with Crippen LogP contribution in [0, 0.1) is 6.92 Å². The zero-order valence-corrected chi connectivity index (χ0v) is 10.7. The molecule has 2 rings (SSSR count). The fourth-order valence-corrected chi connectivity index (χ4v) is 3.04. The van der Waals surface area contributed by atoms with Crippen molar-refractivity contribution in [1.29, 1.82) is 0 Å². The van der Waals surface area contributed by atoms with Crippen LogP contribution in [-0.2, 0) is 10.5 Å². The molecule has 0 spiro atoms. The fraction of sp³-hybridized carbons (Fsp3) is 0.462. The number of thioether (sulfide) groups is 1. The summed E-state index contributed by atoms with van der Waals surface area (Å²) in [7, 11) is 0. The Morgan fingerprint density at radius 3 is 3.06 bits per heavy atom. The molecule has 2 unspecified atom stereocenters. The van der Waals surface area contributed by atoms with Crippen LogP contribution < -0.4 is 5.32 Å². The van der Waals surface area contributed by atoms with Crippen LogP contribution in [0.2, 0.25) is 0 Å². The van der Waals surface area contributed by atoms with E-state index < -0.39 is 6.10 Å². The molecule has 0 radical (unpaired) electrons. The van der Waals surface area contributed by atoms with Crippen molar-refractivity contribution in [3.8, 4) is 0 Å². The number of aliphatic hydroxyl groups is 1. The Balaban J connectivity index is 1.84. The Bertz CT molecular complexity index is 408. The molecule has 1 aliphatic rings. The number of carbonyl (C=O) groups excluding carboxylic acids is 1. The second-order valence-electron chi connectivity index (χ2n) is 4.42. The zero-order chi connectivity index (χ0) is 12.3. The summed E-state index contributed by atoms with van der Waals surface area (Å²) in [6, 6.07) is 8.42. The molecule has 0 aromatic heterocycles. The highest BCUT2D eigenvalue weighted by Gasteiger charge is 2.26. The van der Waals surface area contributed by atoms with E-state index in [0.29, 0.717) is 18.2 Å². The van der Waals surface area contributed by atoms with E-state index in [4.69, 9.17) is 0 Å². The minimum absolute atomic E-state index is 0.239. The Labute approximate surface area is 106 Å². The van der Waals surface area contributed by atoms with E-state index in [1.165, 1.54) is 11.1 Å². The van der Waals surface area contributed by atoms with Crippen LogP contribution in [0.1, 0.15) is 17.5 Å². The highest BCUT2D eigenvalue weighted by Crippen LogP contribution is 2.23. The van der Waals surface area contributed by atoms with Gasteiger partial charge < -0.3 is 10.4 Å². The lowest BCUT2D eigenvalue weighted by Gasteiger charge is -2.25. The molecular weight excluding hydrogens is 234 g/mol. The Kier molecular flexibility index (Phi) is 4.07. The lowest BCUT2D eigenvalue weighted by molar-refractivity contribution is -0.131. The second kappa shape index (κ2) is 5.56. The highest BCUT2D eigenvalue weighted by molar-refractivity contribution is 7.99. The molecule has 1 heterocycles. The van der Waals surface area contributed by atoms with E-state index >= 15 is 0 Å². The molecular formula is C13H17NO2S. The predicted octanol–water partition coefficient (Wildman–Crippen LogP) is 1.48. The van der Waals surface area contributed by atoms with Crippen LogP contribution in [-0.4, -0.2) is 28.9 Å². The number of benzene rings is 1. The third-order valence-corrected chi connectivity index (χ3v) is 4.19. The summed E-state index contributed by atoms with van der Waals surface area (Å²) in [6.45, 7) is 2.74. The van der Waals surface area contributed by atoms with E-state index in [0.717, 1.165) is 5.75 Å². The molecule has 0 saturated carbocycles. The first kappa shape index (κ1) is 12.5. The maximum absolute atomic E-state index is 11.1. The van der Waals surface area contributed by atoms with Crippen molar-refractivity contribution in [2.24, 2.45) is 0 Å². The van der Waals surface area contributed by atoms with Gasteiger partial charge in [0.15, 0.2) is 0 Å². The van der Waals surface area contributed by atoms with Crippen LogP contribution in [0.5, 0.6) is 0 Å². The summed E-state index contributed by atoms with van der Waals surface area (Å²) in [5, 5.41) is 12.5. The number of hydrogen-bond acceptors (Lipinski definition) is 3. The maximum Gasteiger partial charge on any atom is 0.248 e. The zero-order valence-electron chi connectivity index (χ0n) is 9.85. The molecule has 17 heavy (non-hydrogen) atoms. The molecule has 1 amide bonds. The SMILES string of the molecule is Cc1cccc(CSC2CNC(=O)C(O)C2)c1. The highest BCUT2D eigenvalue weighted by atomic mass is 32.2. The Morgan fingerprint density at radius 2 is 2.35 bits per heavy atom. The summed E-state index contributed by atoms with van der Waals surface area (Å²) >= 11 is 1.79. The van der Waals surface area contributed by atoms with Crippen LogP contribution in [0.3, 0.4) is 0 Å².